The van der Waals surface area contributed by atoms with E-state index in [1.165, 1.54) is 0 Å². The molecule has 0 atom stereocenters. The second-order valence-corrected chi connectivity index (χ2v) is 11.4. The van der Waals surface area contributed by atoms with Crippen LogP contribution in [-0.4, -0.2) is 27.7 Å². The van der Waals surface area contributed by atoms with Gasteiger partial charge in [-0.05, 0) is 0 Å². The molecule has 0 heterocycles. The largest absolute Gasteiger partial charge is 0.311 e. The van der Waals surface area contributed by atoms with Crippen molar-refractivity contribution in [2.45, 2.75) is 132 Å². The van der Waals surface area contributed by atoms with Gasteiger partial charge in [0.2, 0.25) is 27.7 Å². The van der Waals surface area contributed by atoms with Crippen LogP contribution >= 0.6 is 0 Å². The molecule has 0 N–H and O–H groups in total. The minimum atomic E-state index is -0.167. The van der Waals surface area contributed by atoms with Crippen molar-refractivity contribution in [3.63, 3.8) is 0 Å². The first kappa shape index (κ1) is 43.0. The van der Waals surface area contributed by atoms with Crippen LogP contribution in [0.1, 0.15) is 104 Å². The zero-order valence-electron chi connectivity index (χ0n) is 22.6. The summed E-state index contributed by atoms with van der Waals surface area (Å²) >= 11 is 0. The van der Waals surface area contributed by atoms with Gasteiger partial charge in [0.05, 0.1) is 0 Å². The van der Waals surface area contributed by atoms with Crippen LogP contribution in [0.4, 0.5) is 0 Å². The van der Waals surface area contributed by atoms with E-state index < -0.39 is 0 Å². The third kappa shape index (κ3) is 112. The van der Waals surface area contributed by atoms with Gasteiger partial charge in [-0.25, -0.2) is 32.9 Å². The van der Waals surface area contributed by atoms with Crippen molar-refractivity contribution in [2.24, 2.45) is 0 Å². The summed E-state index contributed by atoms with van der Waals surface area (Å²) in [7, 11) is 0. The summed E-state index contributed by atoms with van der Waals surface area (Å²) in [4.78, 5) is 16.4. The summed E-state index contributed by atoms with van der Waals surface area (Å²) in [5.41, 5.74) is -0.833. The maximum absolute atomic E-state index is 6.48. The van der Waals surface area contributed by atoms with Gasteiger partial charge in [-0.15, -0.1) is 0 Å². The van der Waals surface area contributed by atoms with E-state index in [-0.39, 0.29) is 47.2 Å². The fourth-order valence-corrected chi connectivity index (χ4v) is 0. The third-order valence-corrected chi connectivity index (χ3v) is 1.68. The Morgan fingerprint density at radius 2 is 0.323 bits per heavy atom. The molecule has 0 aliphatic carbocycles. The van der Waals surface area contributed by atoms with Crippen LogP contribution < -0.4 is 0 Å². The second kappa shape index (κ2) is 18.8. The minimum absolute atomic E-state index is 0. The Balaban J connectivity index is -0.0000000625. The predicted molar refractivity (Wildman–Crippen MR) is 132 cm³/mol. The molecule has 0 aromatic heterocycles. The first-order valence-electron chi connectivity index (χ1n) is 9.74. The molecule has 0 amide bonds. The topological polar surface area (TPSA) is 21.8 Å². The van der Waals surface area contributed by atoms with Crippen LogP contribution in [0.2, 0.25) is 0 Å². The van der Waals surface area contributed by atoms with Crippen molar-refractivity contribution in [3.8, 4) is 0 Å². The van der Waals surface area contributed by atoms with Crippen LogP contribution in [-0.2, 0) is 19.5 Å². The van der Waals surface area contributed by atoms with Gasteiger partial charge in [0, 0.05) is 123 Å². The molecule has 0 aliphatic rings. The van der Waals surface area contributed by atoms with E-state index in [0.29, 0.717) is 0 Å². The van der Waals surface area contributed by atoms with Gasteiger partial charge in [-0.2, -0.15) is 0 Å². The fourth-order valence-electron chi connectivity index (χ4n) is 0. The smallest absolute Gasteiger partial charge is 0.224 e. The Kier molecular flexibility index (Phi) is 26.1. The molecule has 0 bridgehead atoms. The van der Waals surface area contributed by atoms with Gasteiger partial charge >= 0.3 is 0 Å². The SMILES string of the molecule is [C-]#[N+]C(C)(C)C.[C-]#[N+]C(C)(C)C.[C-]#[N+]C(C)(C)C.[C-]#[N+]C(C)(C)C.[C-]#[N+]C(C)(C)C.[Ru]. The maximum atomic E-state index is 6.48. The summed E-state index contributed by atoms with van der Waals surface area (Å²) in [5, 5.41) is 0. The average molecular weight is 517 g/mol. The molecule has 0 fully saturated rings. The first-order valence-corrected chi connectivity index (χ1v) is 9.74. The second-order valence-electron chi connectivity index (χ2n) is 11.4. The van der Waals surface area contributed by atoms with Crippen molar-refractivity contribution in [2.75, 3.05) is 0 Å². The Morgan fingerprint density at radius 1 is 0.290 bits per heavy atom. The van der Waals surface area contributed by atoms with E-state index in [4.69, 9.17) is 32.9 Å². The molecule has 0 saturated carbocycles. The van der Waals surface area contributed by atoms with Gasteiger partial charge < -0.3 is 24.2 Å². The molecule has 0 aliphatic heterocycles. The fraction of sp³-hybridized carbons (Fsp3) is 0.800. The van der Waals surface area contributed by atoms with Gasteiger partial charge in [-0.1, -0.05) is 0 Å². The Morgan fingerprint density at radius 3 is 0.323 bits per heavy atom. The minimum Gasteiger partial charge on any atom is -0.311 e. The summed E-state index contributed by atoms with van der Waals surface area (Å²) in [6, 6.07) is 0. The van der Waals surface area contributed by atoms with E-state index in [0.717, 1.165) is 0 Å². The molecule has 0 unspecified atom stereocenters. The number of nitrogens with zero attached hydrogens (tertiary/aromatic N) is 5. The number of rotatable bonds is 0. The molecule has 178 valence electrons. The number of hydrogen-bond acceptors (Lipinski definition) is 0. The molecule has 0 aromatic rings. The quantitative estimate of drug-likeness (QED) is 0.227. The summed E-state index contributed by atoms with van der Waals surface area (Å²) < 4.78 is 0. The van der Waals surface area contributed by atoms with Crippen LogP contribution in [0, 0.1) is 32.9 Å². The van der Waals surface area contributed by atoms with E-state index in [9.17, 15) is 0 Å². The standard InChI is InChI=1S/5C5H9N.Ru/c5*1-5(2,3)6-4;/h5*1-3H3;. The molecule has 5 nitrogen and oxygen atoms in total. The van der Waals surface area contributed by atoms with Crippen molar-refractivity contribution in [3.05, 3.63) is 57.1 Å². The third-order valence-electron chi connectivity index (χ3n) is 1.68. The van der Waals surface area contributed by atoms with E-state index >= 15 is 0 Å². The zero-order valence-corrected chi connectivity index (χ0v) is 24.3. The molecule has 31 heavy (non-hydrogen) atoms. The van der Waals surface area contributed by atoms with Crippen LogP contribution in [0.25, 0.3) is 24.2 Å². The van der Waals surface area contributed by atoms with E-state index in [1.54, 1.807) is 0 Å². The van der Waals surface area contributed by atoms with Crippen molar-refractivity contribution < 1.29 is 19.5 Å². The Bertz CT molecular complexity index is 500. The van der Waals surface area contributed by atoms with Gasteiger partial charge in [0.25, 0.3) is 0 Å². The summed E-state index contributed by atoms with van der Waals surface area (Å²) in [5.74, 6) is 0. The number of hydrogen-bond donors (Lipinski definition) is 0. The van der Waals surface area contributed by atoms with E-state index in [1.807, 2.05) is 104 Å². The van der Waals surface area contributed by atoms with Crippen molar-refractivity contribution in [1.82, 2.24) is 0 Å². The molecule has 0 spiro atoms. The van der Waals surface area contributed by atoms with Gasteiger partial charge in [0.15, 0.2) is 0 Å². The molecule has 0 saturated heterocycles. The van der Waals surface area contributed by atoms with Crippen molar-refractivity contribution in [1.29, 1.82) is 0 Å². The molecule has 0 aromatic carbocycles. The summed E-state index contributed by atoms with van der Waals surface area (Å²) in [6.07, 6.45) is 0. The zero-order chi connectivity index (χ0) is 26.0. The first-order chi connectivity index (χ1) is 12.8. The molecule has 0 rings (SSSR count). The Labute approximate surface area is 207 Å². The normalized spacial score (nSPS) is 10.0. The summed E-state index contributed by atoms with van der Waals surface area (Å²) in [6.45, 7) is 60.7. The monoisotopic (exact) mass is 517 g/mol. The van der Waals surface area contributed by atoms with Crippen LogP contribution in [0.5, 0.6) is 0 Å². The molecule has 6 heteroatoms. The van der Waals surface area contributed by atoms with Crippen LogP contribution in [0.15, 0.2) is 0 Å². The maximum Gasteiger partial charge on any atom is 0.224 e. The molecular weight excluding hydrogens is 471 g/mol. The average Bonchev–Trinajstić information content (AvgIpc) is 2.54. The van der Waals surface area contributed by atoms with Gasteiger partial charge in [0.1, 0.15) is 0 Å². The molecule has 0 radical (unpaired) electrons. The predicted octanol–water partition coefficient (Wildman–Crippen LogP) is 8.52. The Hall–Kier alpha value is -1.93. The van der Waals surface area contributed by atoms with Crippen molar-refractivity contribution >= 4 is 0 Å². The van der Waals surface area contributed by atoms with Gasteiger partial charge in [-0.3, -0.25) is 0 Å². The van der Waals surface area contributed by atoms with E-state index in [2.05, 4.69) is 24.2 Å². The molecular formula is C25H45N5Ru. The van der Waals surface area contributed by atoms with Crippen LogP contribution in [0.3, 0.4) is 0 Å².